The van der Waals surface area contributed by atoms with E-state index in [4.69, 9.17) is 4.74 Å². The first kappa shape index (κ1) is 18.1. The molecule has 0 aliphatic carbocycles. The predicted octanol–water partition coefficient (Wildman–Crippen LogP) is 2.04. The number of nitrogens with one attached hydrogen (secondary N) is 2. The van der Waals surface area contributed by atoms with Gasteiger partial charge in [-0.2, -0.15) is 0 Å². The molecule has 2 fully saturated rings. The number of piperazine rings is 1. The minimum absolute atomic E-state index is 0.00850. The van der Waals surface area contributed by atoms with Crippen molar-refractivity contribution in [1.82, 2.24) is 20.4 Å². The zero-order valence-corrected chi connectivity index (χ0v) is 15.9. The molecule has 144 valence electrons. The number of carbonyl (C=O) groups is 1. The van der Waals surface area contributed by atoms with Gasteiger partial charge >= 0.3 is 6.03 Å². The van der Waals surface area contributed by atoms with Gasteiger partial charge in [-0.25, -0.2) is 4.79 Å². The van der Waals surface area contributed by atoms with Crippen LogP contribution in [0.4, 0.5) is 4.79 Å². The second-order valence-corrected chi connectivity index (χ2v) is 7.30. The number of carbonyl (C=O) groups excluding carboxylic acids is 1. The predicted molar refractivity (Wildman–Crippen MR) is 107 cm³/mol. The third kappa shape index (κ3) is 3.87. The van der Waals surface area contributed by atoms with Gasteiger partial charge < -0.3 is 20.3 Å². The van der Waals surface area contributed by atoms with Crippen molar-refractivity contribution in [2.75, 3.05) is 46.4 Å². The van der Waals surface area contributed by atoms with Gasteiger partial charge in [-0.1, -0.05) is 30.3 Å². The molecule has 2 aromatic carbocycles. The number of nitrogens with zero attached hydrogens (tertiary/aromatic N) is 2. The normalized spacial score (nSPS) is 20.8. The SMILES string of the molecule is COc1ccc2ccccc2c1CNC(=O)N1CCN([C@@H]2CCNC2)CC1. The standard InChI is InChI=1S/C21H28N4O2/c1-27-20-7-6-16-4-2-3-5-18(16)19(20)15-23-21(26)25-12-10-24(11-13-25)17-8-9-22-14-17/h2-7,17,22H,8-15H2,1H3,(H,23,26)/t17-/m1/s1. The lowest BCUT2D eigenvalue weighted by Gasteiger charge is -2.37. The maximum atomic E-state index is 12.7. The Labute approximate surface area is 160 Å². The molecule has 6 heteroatoms. The molecule has 1 atom stereocenters. The number of benzene rings is 2. The minimum atomic E-state index is 0.00850. The van der Waals surface area contributed by atoms with E-state index in [1.54, 1.807) is 7.11 Å². The lowest BCUT2D eigenvalue weighted by molar-refractivity contribution is 0.114. The smallest absolute Gasteiger partial charge is 0.317 e. The molecule has 0 aromatic heterocycles. The van der Waals surface area contributed by atoms with E-state index in [-0.39, 0.29) is 6.03 Å². The molecular formula is C21H28N4O2. The maximum Gasteiger partial charge on any atom is 0.317 e. The molecule has 6 nitrogen and oxygen atoms in total. The summed E-state index contributed by atoms with van der Waals surface area (Å²) < 4.78 is 5.52. The summed E-state index contributed by atoms with van der Waals surface area (Å²) in [6, 6.07) is 12.9. The molecule has 2 heterocycles. The van der Waals surface area contributed by atoms with Gasteiger partial charge in [0.25, 0.3) is 0 Å². The number of fused-ring (bicyclic) bond motifs is 1. The summed E-state index contributed by atoms with van der Waals surface area (Å²) in [5, 5.41) is 8.79. The monoisotopic (exact) mass is 368 g/mol. The lowest BCUT2D eigenvalue weighted by Crippen LogP contribution is -2.54. The number of hydrogen-bond donors (Lipinski definition) is 2. The van der Waals surface area contributed by atoms with Crippen LogP contribution in [0, 0.1) is 0 Å². The van der Waals surface area contributed by atoms with Crippen molar-refractivity contribution in [1.29, 1.82) is 0 Å². The van der Waals surface area contributed by atoms with Crippen LogP contribution in [0.15, 0.2) is 36.4 Å². The van der Waals surface area contributed by atoms with Crippen molar-refractivity contribution < 1.29 is 9.53 Å². The number of rotatable bonds is 4. The molecule has 2 N–H and O–H groups in total. The Kier molecular flexibility index (Phi) is 5.45. The number of urea groups is 1. The molecule has 2 aliphatic heterocycles. The van der Waals surface area contributed by atoms with Crippen LogP contribution in [-0.4, -0.2) is 68.3 Å². The Morgan fingerprint density at radius 1 is 1.19 bits per heavy atom. The topological polar surface area (TPSA) is 56.8 Å². The first-order valence-electron chi connectivity index (χ1n) is 9.78. The van der Waals surface area contributed by atoms with Crippen molar-refractivity contribution >= 4 is 16.8 Å². The average Bonchev–Trinajstić information content (AvgIpc) is 3.26. The molecule has 0 unspecified atom stereocenters. The molecule has 2 aliphatic rings. The van der Waals surface area contributed by atoms with E-state index < -0.39 is 0 Å². The molecule has 4 rings (SSSR count). The Morgan fingerprint density at radius 2 is 2.00 bits per heavy atom. The van der Waals surface area contributed by atoms with Gasteiger partial charge in [0.15, 0.2) is 0 Å². The van der Waals surface area contributed by atoms with Crippen molar-refractivity contribution in [3.63, 3.8) is 0 Å². The molecule has 2 saturated heterocycles. The van der Waals surface area contributed by atoms with E-state index in [1.807, 2.05) is 23.1 Å². The van der Waals surface area contributed by atoms with Gasteiger partial charge in [0.2, 0.25) is 0 Å². The van der Waals surface area contributed by atoms with E-state index >= 15 is 0 Å². The van der Waals surface area contributed by atoms with Crippen LogP contribution < -0.4 is 15.4 Å². The molecule has 2 amide bonds. The second kappa shape index (κ2) is 8.15. The zero-order valence-electron chi connectivity index (χ0n) is 15.9. The highest BCUT2D eigenvalue weighted by Gasteiger charge is 2.27. The first-order chi connectivity index (χ1) is 13.3. The molecule has 0 saturated carbocycles. The fourth-order valence-corrected chi connectivity index (χ4v) is 4.21. The quantitative estimate of drug-likeness (QED) is 0.867. The number of methoxy groups -OCH3 is 1. The van der Waals surface area contributed by atoms with E-state index in [1.165, 1.54) is 6.42 Å². The molecule has 0 bridgehead atoms. The summed E-state index contributed by atoms with van der Waals surface area (Å²) in [5.41, 5.74) is 1.03. The van der Waals surface area contributed by atoms with E-state index in [0.29, 0.717) is 12.6 Å². The molecule has 0 radical (unpaired) electrons. The third-order valence-electron chi connectivity index (χ3n) is 5.79. The van der Waals surface area contributed by atoms with Crippen LogP contribution in [0.2, 0.25) is 0 Å². The van der Waals surface area contributed by atoms with Gasteiger partial charge in [-0.15, -0.1) is 0 Å². The average molecular weight is 368 g/mol. The van der Waals surface area contributed by atoms with Crippen LogP contribution in [0.3, 0.4) is 0 Å². The van der Waals surface area contributed by atoms with E-state index in [2.05, 4.69) is 33.7 Å². The summed E-state index contributed by atoms with van der Waals surface area (Å²) >= 11 is 0. The van der Waals surface area contributed by atoms with Crippen molar-refractivity contribution in [2.45, 2.75) is 19.0 Å². The van der Waals surface area contributed by atoms with Crippen molar-refractivity contribution in [3.05, 3.63) is 42.0 Å². The fraction of sp³-hybridized carbons (Fsp3) is 0.476. The highest BCUT2D eigenvalue weighted by Crippen LogP contribution is 2.27. The Bertz CT molecular complexity index is 796. The highest BCUT2D eigenvalue weighted by molar-refractivity contribution is 5.88. The van der Waals surface area contributed by atoms with Crippen LogP contribution in [0.1, 0.15) is 12.0 Å². The molecule has 27 heavy (non-hydrogen) atoms. The van der Waals surface area contributed by atoms with Crippen LogP contribution in [0.5, 0.6) is 5.75 Å². The Hall–Kier alpha value is -2.31. The summed E-state index contributed by atoms with van der Waals surface area (Å²) in [7, 11) is 1.67. The van der Waals surface area contributed by atoms with E-state index in [0.717, 1.165) is 61.4 Å². The zero-order chi connectivity index (χ0) is 18.6. The fourth-order valence-electron chi connectivity index (χ4n) is 4.21. The summed E-state index contributed by atoms with van der Waals surface area (Å²) in [6.07, 6.45) is 1.22. The third-order valence-corrected chi connectivity index (χ3v) is 5.79. The van der Waals surface area contributed by atoms with Crippen LogP contribution in [-0.2, 0) is 6.54 Å². The van der Waals surface area contributed by atoms with Crippen molar-refractivity contribution in [3.8, 4) is 5.75 Å². The number of hydrogen-bond acceptors (Lipinski definition) is 4. The lowest BCUT2D eigenvalue weighted by atomic mass is 10.0. The summed E-state index contributed by atoms with van der Waals surface area (Å²) in [6.45, 7) is 6.14. The van der Waals surface area contributed by atoms with E-state index in [9.17, 15) is 4.79 Å². The minimum Gasteiger partial charge on any atom is -0.496 e. The van der Waals surface area contributed by atoms with Crippen molar-refractivity contribution in [2.24, 2.45) is 0 Å². The van der Waals surface area contributed by atoms with Gasteiger partial charge in [-0.05, 0) is 29.8 Å². The number of amides is 2. The maximum absolute atomic E-state index is 12.7. The highest BCUT2D eigenvalue weighted by atomic mass is 16.5. The first-order valence-corrected chi connectivity index (χ1v) is 9.78. The molecular weight excluding hydrogens is 340 g/mol. The van der Waals surface area contributed by atoms with Gasteiger partial charge in [0.1, 0.15) is 5.75 Å². The van der Waals surface area contributed by atoms with Gasteiger partial charge in [0.05, 0.1) is 7.11 Å². The number of ether oxygens (including phenoxy) is 1. The van der Waals surface area contributed by atoms with Crippen LogP contribution >= 0.6 is 0 Å². The van der Waals surface area contributed by atoms with Gasteiger partial charge in [-0.3, -0.25) is 4.90 Å². The Morgan fingerprint density at radius 3 is 2.74 bits per heavy atom. The summed E-state index contributed by atoms with van der Waals surface area (Å²) in [5.74, 6) is 0.813. The van der Waals surface area contributed by atoms with Crippen LogP contribution in [0.25, 0.3) is 10.8 Å². The Balaban J connectivity index is 1.38. The summed E-state index contributed by atoms with van der Waals surface area (Å²) in [4.78, 5) is 17.1. The molecule has 0 spiro atoms. The molecule has 2 aromatic rings. The second-order valence-electron chi connectivity index (χ2n) is 7.30. The largest absolute Gasteiger partial charge is 0.496 e. The van der Waals surface area contributed by atoms with Gasteiger partial charge in [0, 0.05) is 50.9 Å².